The van der Waals surface area contributed by atoms with Gasteiger partial charge in [-0.1, -0.05) is 0 Å². The number of nitrogens with one attached hydrogen (secondary N) is 1. The van der Waals surface area contributed by atoms with Crippen molar-refractivity contribution in [3.63, 3.8) is 0 Å². The van der Waals surface area contributed by atoms with Gasteiger partial charge in [0.25, 0.3) is 5.69 Å². The second-order valence-corrected chi connectivity index (χ2v) is 5.79. The summed E-state index contributed by atoms with van der Waals surface area (Å²) in [5, 5.41) is 33.8. The summed E-state index contributed by atoms with van der Waals surface area (Å²) >= 11 is 3.16. The summed E-state index contributed by atoms with van der Waals surface area (Å²) in [6, 6.07) is 2.43. The summed E-state index contributed by atoms with van der Waals surface area (Å²) in [7, 11) is 0. The number of hydrogen-bond acceptors (Lipinski definition) is 6. The molecule has 1 aromatic carbocycles. The van der Waals surface area contributed by atoms with Crippen molar-refractivity contribution in [1.82, 2.24) is 10.2 Å². The Balaban J connectivity index is 0.00000242. The predicted molar refractivity (Wildman–Crippen MR) is 88.6 cm³/mol. The minimum absolute atomic E-state index is 0. The van der Waals surface area contributed by atoms with Gasteiger partial charge < -0.3 is 15.5 Å². The van der Waals surface area contributed by atoms with Gasteiger partial charge in [-0.2, -0.15) is 0 Å². The molecule has 0 spiro atoms. The van der Waals surface area contributed by atoms with Crippen LogP contribution >= 0.6 is 28.3 Å². The van der Waals surface area contributed by atoms with Crippen molar-refractivity contribution in [3.8, 4) is 5.75 Å². The van der Waals surface area contributed by atoms with E-state index < -0.39 is 4.92 Å². The summed E-state index contributed by atoms with van der Waals surface area (Å²) in [5.74, 6) is -0.00224. The Labute approximate surface area is 143 Å². The van der Waals surface area contributed by atoms with Crippen LogP contribution in [0.25, 0.3) is 0 Å². The van der Waals surface area contributed by atoms with Gasteiger partial charge in [-0.15, -0.1) is 12.4 Å². The number of nitro benzene ring substituents is 1. The second-order valence-electron chi connectivity index (χ2n) is 4.94. The Morgan fingerprint density at radius 3 is 2.59 bits per heavy atom. The molecule has 7 nitrogen and oxygen atoms in total. The van der Waals surface area contributed by atoms with E-state index in [1.54, 1.807) is 0 Å². The number of nitrogens with zero attached hydrogens (tertiary/aromatic N) is 2. The van der Waals surface area contributed by atoms with Crippen molar-refractivity contribution in [3.05, 3.63) is 32.3 Å². The monoisotopic (exact) mass is 395 g/mol. The lowest BCUT2D eigenvalue weighted by molar-refractivity contribution is -0.385. The second kappa shape index (κ2) is 8.64. The minimum atomic E-state index is -0.485. The number of phenols is 1. The standard InChI is InChI=1S/C13H18BrN3O4.ClH/c14-11-8-9(17(20)21)7-10(13(11)19)12(1-6-18)16-4-2-15-3-5-16;/h7-8,12,15,18-19H,1-6H2;1H/t12-;/m1./s1. The van der Waals surface area contributed by atoms with Crippen LogP contribution in [0.1, 0.15) is 18.0 Å². The zero-order valence-corrected chi connectivity index (χ0v) is 14.3. The van der Waals surface area contributed by atoms with E-state index >= 15 is 0 Å². The zero-order chi connectivity index (χ0) is 15.4. The fourth-order valence-electron chi connectivity index (χ4n) is 2.62. The number of aromatic hydroxyl groups is 1. The van der Waals surface area contributed by atoms with Gasteiger partial charge in [-0.25, -0.2) is 0 Å². The predicted octanol–water partition coefficient (Wildman–Crippen LogP) is 1.81. The van der Waals surface area contributed by atoms with Crippen LogP contribution in [0.15, 0.2) is 16.6 Å². The maximum atomic E-state index is 11.0. The van der Waals surface area contributed by atoms with E-state index in [4.69, 9.17) is 0 Å². The molecule has 0 aromatic heterocycles. The molecule has 1 saturated heterocycles. The number of rotatable bonds is 5. The van der Waals surface area contributed by atoms with Crippen LogP contribution in [0.3, 0.4) is 0 Å². The third-order valence-electron chi connectivity index (χ3n) is 3.64. The molecule has 1 aromatic rings. The lowest BCUT2D eigenvalue weighted by Gasteiger charge is -2.35. The Morgan fingerprint density at radius 2 is 2.05 bits per heavy atom. The molecule has 1 aliphatic rings. The normalized spacial score (nSPS) is 16.8. The first kappa shape index (κ1) is 19.1. The molecule has 0 aliphatic carbocycles. The molecule has 1 fully saturated rings. The quantitative estimate of drug-likeness (QED) is 0.519. The number of piperazine rings is 1. The molecule has 0 radical (unpaired) electrons. The molecule has 2 rings (SSSR count). The van der Waals surface area contributed by atoms with Gasteiger partial charge in [-0.05, 0) is 22.4 Å². The van der Waals surface area contributed by atoms with Gasteiger partial charge in [0, 0.05) is 56.5 Å². The van der Waals surface area contributed by atoms with E-state index in [0.29, 0.717) is 16.5 Å². The van der Waals surface area contributed by atoms with Crippen molar-refractivity contribution in [2.45, 2.75) is 12.5 Å². The topological polar surface area (TPSA) is 98.9 Å². The minimum Gasteiger partial charge on any atom is -0.506 e. The first-order chi connectivity index (χ1) is 10.0. The van der Waals surface area contributed by atoms with Crippen molar-refractivity contribution < 1.29 is 15.1 Å². The van der Waals surface area contributed by atoms with Crippen LogP contribution in [-0.4, -0.2) is 52.8 Å². The average Bonchev–Trinajstić information content (AvgIpc) is 2.48. The highest BCUT2D eigenvalue weighted by atomic mass is 79.9. The van der Waals surface area contributed by atoms with Gasteiger partial charge >= 0.3 is 0 Å². The van der Waals surface area contributed by atoms with Crippen LogP contribution in [-0.2, 0) is 0 Å². The summed E-state index contributed by atoms with van der Waals surface area (Å²) in [6.07, 6.45) is 0.418. The van der Waals surface area contributed by atoms with Crippen LogP contribution in [0, 0.1) is 10.1 Å². The van der Waals surface area contributed by atoms with Gasteiger partial charge in [0.05, 0.1) is 9.40 Å². The maximum absolute atomic E-state index is 11.0. The fraction of sp³-hybridized carbons (Fsp3) is 0.538. The average molecular weight is 397 g/mol. The number of nitro groups is 1. The Bertz CT molecular complexity index is 526. The number of phenolic OH excluding ortho intramolecular Hbond substituents is 1. The number of hydrogen-bond donors (Lipinski definition) is 3. The van der Waals surface area contributed by atoms with Gasteiger partial charge in [0.1, 0.15) is 5.75 Å². The fourth-order valence-corrected chi connectivity index (χ4v) is 3.08. The number of benzene rings is 1. The lowest BCUT2D eigenvalue weighted by atomic mass is 9.99. The molecule has 0 bridgehead atoms. The largest absolute Gasteiger partial charge is 0.506 e. The first-order valence-corrected chi connectivity index (χ1v) is 7.56. The number of non-ortho nitro benzene ring substituents is 1. The molecule has 0 amide bonds. The van der Waals surface area contributed by atoms with E-state index in [-0.39, 0.29) is 36.5 Å². The highest BCUT2D eigenvalue weighted by molar-refractivity contribution is 9.10. The number of halogens is 2. The molecule has 1 heterocycles. The van der Waals surface area contributed by atoms with Crippen molar-refractivity contribution in [1.29, 1.82) is 0 Å². The molecule has 9 heteroatoms. The van der Waals surface area contributed by atoms with E-state index in [0.717, 1.165) is 26.2 Å². The van der Waals surface area contributed by atoms with Crippen molar-refractivity contribution >= 4 is 34.0 Å². The summed E-state index contributed by atoms with van der Waals surface area (Å²) in [4.78, 5) is 12.6. The lowest BCUT2D eigenvalue weighted by Crippen LogP contribution is -2.45. The Hall–Kier alpha value is -0.930. The maximum Gasteiger partial charge on any atom is 0.271 e. The van der Waals surface area contributed by atoms with Gasteiger partial charge in [0.15, 0.2) is 0 Å². The van der Waals surface area contributed by atoms with Gasteiger partial charge in [-0.3, -0.25) is 15.0 Å². The number of aliphatic hydroxyl groups excluding tert-OH is 1. The molecule has 0 saturated carbocycles. The summed E-state index contributed by atoms with van der Waals surface area (Å²) in [5.41, 5.74) is 0.403. The molecule has 3 N–H and O–H groups in total. The first-order valence-electron chi connectivity index (χ1n) is 6.77. The van der Waals surface area contributed by atoms with E-state index in [1.807, 2.05) is 0 Å². The van der Waals surface area contributed by atoms with Crippen LogP contribution in [0.4, 0.5) is 5.69 Å². The molecule has 124 valence electrons. The third kappa shape index (κ3) is 4.30. The molecular weight excluding hydrogens is 378 g/mol. The SMILES string of the molecule is Cl.O=[N+]([O-])c1cc(Br)c(O)c([C@@H](CCO)N2CCNCC2)c1. The highest BCUT2D eigenvalue weighted by Crippen LogP contribution is 2.39. The Kier molecular flexibility index (Phi) is 7.51. The zero-order valence-electron chi connectivity index (χ0n) is 11.9. The van der Waals surface area contributed by atoms with Crippen molar-refractivity contribution in [2.24, 2.45) is 0 Å². The Morgan fingerprint density at radius 1 is 1.41 bits per heavy atom. The van der Waals surface area contributed by atoms with Crippen LogP contribution in [0.2, 0.25) is 0 Å². The van der Waals surface area contributed by atoms with E-state index in [9.17, 15) is 20.3 Å². The van der Waals surface area contributed by atoms with Crippen LogP contribution in [0.5, 0.6) is 5.75 Å². The van der Waals surface area contributed by atoms with E-state index in [1.165, 1.54) is 12.1 Å². The van der Waals surface area contributed by atoms with E-state index in [2.05, 4.69) is 26.1 Å². The summed E-state index contributed by atoms with van der Waals surface area (Å²) in [6.45, 7) is 3.13. The summed E-state index contributed by atoms with van der Waals surface area (Å²) < 4.78 is 0.296. The molecule has 1 atom stereocenters. The molecule has 1 aliphatic heterocycles. The van der Waals surface area contributed by atoms with Gasteiger partial charge in [0.2, 0.25) is 0 Å². The molecule has 22 heavy (non-hydrogen) atoms. The highest BCUT2D eigenvalue weighted by Gasteiger charge is 2.27. The van der Waals surface area contributed by atoms with Crippen molar-refractivity contribution in [2.75, 3.05) is 32.8 Å². The van der Waals surface area contributed by atoms with Crippen LogP contribution < -0.4 is 5.32 Å². The smallest absolute Gasteiger partial charge is 0.271 e. The molecule has 0 unspecified atom stereocenters. The number of aliphatic hydroxyl groups is 1. The molecular formula is C13H19BrClN3O4. The third-order valence-corrected chi connectivity index (χ3v) is 4.25.